The third-order valence-electron chi connectivity index (χ3n) is 2.32. The van der Waals surface area contributed by atoms with Crippen molar-refractivity contribution >= 4 is 29.3 Å². The highest BCUT2D eigenvalue weighted by Gasteiger charge is 2.34. The summed E-state index contributed by atoms with van der Waals surface area (Å²) in [6.45, 7) is 1.17. The van der Waals surface area contributed by atoms with E-state index in [-0.39, 0.29) is 17.7 Å². The van der Waals surface area contributed by atoms with E-state index in [2.05, 4.69) is 10.6 Å². The van der Waals surface area contributed by atoms with Crippen LogP contribution >= 0.6 is 11.8 Å². The smallest absolute Gasteiger partial charge is 0.355 e. The molecule has 0 aliphatic heterocycles. The van der Waals surface area contributed by atoms with Gasteiger partial charge in [-0.3, -0.25) is 9.59 Å². The predicted octanol–water partition coefficient (Wildman–Crippen LogP) is 2.63. The van der Waals surface area contributed by atoms with Gasteiger partial charge in [0.25, 0.3) is 5.91 Å². The molecule has 20 heavy (non-hydrogen) atoms. The lowest BCUT2D eigenvalue weighted by Crippen LogP contribution is -2.25. The fourth-order valence-electron chi connectivity index (χ4n) is 1.35. The van der Waals surface area contributed by atoms with Gasteiger partial charge in [0.2, 0.25) is 5.91 Å². The van der Waals surface area contributed by atoms with E-state index >= 15 is 0 Å². The van der Waals surface area contributed by atoms with Crippen LogP contribution in [0.2, 0.25) is 0 Å². The number of nitrogens with one attached hydrogen (secondary N) is 2. The fraction of sp³-hybridized carbons (Fsp3) is 0.333. The summed E-state index contributed by atoms with van der Waals surface area (Å²) in [5, 5.41) is 3.53. The van der Waals surface area contributed by atoms with E-state index in [0.29, 0.717) is 11.3 Å². The predicted molar refractivity (Wildman–Crippen MR) is 71.6 cm³/mol. The molecule has 0 aliphatic carbocycles. The van der Waals surface area contributed by atoms with Gasteiger partial charge < -0.3 is 10.6 Å². The highest BCUT2D eigenvalue weighted by molar-refractivity contribution is 8.01. The second kappa shape index (κ2) is 6.65. The lowest BCUT2D eigenvalue weighted by molar-refractivity contribution is -0.115. The molecule has 1 rings (SSSR count). The van der Waals surface area contributed by atoms with Gasteiger partial charge in [0.15, 0.2) is 0 Å². The van der Waals surface area contributed by atoms with Crippen LogP contribution in [0.15, 0.2) is 24.3 Å². The van der Waals surface area contributed by atoms with E-state index < -0.39 is 16.7 Å². The number of amides is 2. The number of benzene rings is 1. The van der Waals surface area contributed by atoms with Crippen molar-refractivity contribution in [1.82, 2.24) is 5.32 Å². The fourth-order valence-corrected chi connectivity index (χ4v) is 1.91. The summed E-state index contributed by atoms with van der Waals surface area (Å²) in [4.78, 5) is 22.8. The van der Waals surface area contributed by atoms with Crippen LogP contribution in [-0.4, -0.2) is 29.6 Å². The zero-order chi connectivity index (χ0) is 15.3. The second-order valence-electron chi connectivity index (χ2n) is 3.85. The van der Waals surface area contributed by atoms with Gasteiger partial charge in [-0.15, -0.1) is 0 Å². The molecule has 0 aromatic heterocycles. The molecule has 0 heterocycles. The molecule has 110 valence electrons. The molecule has 4 nitrogen and oxygen atoms in total. The summed E-state index contributed by atoms with van der Waals surface area (Å²) >= 11 is -0.380. The van der Waals surface area contributed by atoms with Crippen molar-refractivity contribution in [2.24, 2.45) is 0 Å². The third-order valence-corrected chi connectivity index (χ3v) is 3.16. The van der Waals surface area contributed by atoms with E-state index in [1.54, 1.807) is 0 Å². The highest BCUT2D eigenvalue weighted by Crippen LogP contribution is 2.34. The number of hydrogen-bond acceptors (Lipinski definition) is 3. The molecule has 0 spiro atoms. The van der Waals surface area contributed by atoms with Gasteiger partial charge in [-0.2, -0.15) is 13.2 Å². The van der Waals surface area contributed by atoms with Gasteiger partial charge in [-0.1, -0.05) is 0 Å². The topological polar surface area (TPSA) is 58.2 Å². The number of alkyl halides is 3. The summed E-state index contributed by atoms with van der Waals surface area (Å²) in [5.41, 5.74) is -3.74. The first-order valence-electron chi connectivity index (χ1n) is 5.60. The molecule has 0 unspecified atom stereocenters. The number of carbonyl (C=O) groups is 2. The van der Waals surface area contributed by atoms with Crippen LogP contribution in [-0.2, 0) is 4.79 Å². The summed E-state index contributed by atoms with van der Waals surface area (Å²) in [6, 6.07) is 5.84. The lowest BCUT2D eigenvalue weighted by atomic mass is 10.2. The van der Waals surface area contributed by atoms with E-state index in [0.717, 1.165) is 0 Å². The Morgan fingerprint density at radius 2 is 1.75 bits per heavy atom. The number of carbonyl (C=O) groups excluding carboxylic acids is 2. The van der Waals surface area contributed by atoms with E-state index in [1.165, 1.54) is 38.2 Å². The lowest BCUT2D eigenvalue weighted by Gasteiger charge is -2.13. The van der Waals surface area contributed by atoms with Crippen molar-refractivity contribution in [2.75, 3.05) is 12.4 Å². The first kappa shape index (κ1) is 16.4. The van der Waals surface area contributed by atoms with Gasteiger partial charge in [-0.25, -0.2) is 0 Å². The average Bonchev–Trinajstić information content (AvgIpc) is 2.36. The van der Waals surface area contributed by atoms with Crippen molar-refractivity contribution in [3.8, 4) is 0 Å². The van der Waals surface area contributed by atoms with Crippen molar-refractivity contribution in [3.63, 3.8) is 0 Å². The van der Waals surface area contributed by atoms with Crippen molar-refractivity contribution in [3.05, 3.63) is 29.8 Å². The number of anilines is 1. The normalized spacial score (nSPS) is 12.7. The Balaban J connectivity index is 2.65. The van der Waals surface area contributed by atoms with Gasteiger partial charge >= 0.3 is 5.51 Å². The quantitative estimate of drug-likeness (QED) is 0.899. The van der Waals surface area contributed by atoms with Crippen molar-refractivity contribution in [2.45, 2.75) is 17.7 Å². The molecule has 0 aliphatic rings. The molecule has 0 bridgehead atoms. The van der Waals surface area contributed by atoms with Gasteiger partial charge in [0, 0.05) is 18.3 Å². The Bertz CT molecular complexity index is 488. The highest BCUT2D eigenvalue weighted by atomic mass is 32.2. The maximum absolute atomic E-state index is 12.1. The van der Waals surface area contributed by atoms with Crippen LogP contribution in [0.5, 0.6) is 0 Å². The SMILES string of the molecule is CNC(=O)c1ccc(NC(=O)[C@@H](C)SC(F)(F)F)cc1. The van der Waals surface area contributed by atoms with E-state index in [4.69, 9.17) is 0 Å². The molecule has 0 saturated carbocycles. The first-order chi connectivity index (χ1) is 9.23. The van der Waals surface area contributed by atoms with Crippen LogP contribution in [0.25, 0.3) is 0 Å². The Hall–Kier alpha value is -1.70. The van der Waals surface area contributed by atoms with Crippen LogP contribution in [0.3, 0.4) is 0 Å². The molecule has 0 saturated heterocycles. The third kappa shape index (κ3) is 5.12. The number of rotatable bonds is 4. The summed E-state index contributed by atoms with van der Waals surface area (Å²) in [7, 11) is 1.48. The summed E-state index contributed by atoms with van der Waals surface area (Å²) in [6.07, 6.45) is 0. The molecule has 1 aromatic rings. The number of halogens is 3. The second-order valence-corrected chi connectivity index (χ2v) is 5.26. The van der Waals surface area contributed by atoms with Crippen LogP contribution in [0, 0.1) is 0 Å². The molecule has 1 aromatic carbocycles. The minimum Gasteiger partial charge on any atom is -0.355 e. The molecule has 2 amide bonds. The van der Waals surface area contributed by atoms with Crippen LogP contribution < -0.4 is 10.6 Å². The zero-order valence-corrected chi connectivity index (χ0v) is 11.6. The van der Waals surface area contributed by atoms with Crippen LogP contribution in [0.1, 0.15) is 17.3 Å². The molecule has 2 N–H and O–H groups in total. The Morgan fingerprint density at radius 3 is 2.20 bits per heavy atom. The van der Waals surface area contributed by atoms with Crippen LogP contribution in [0.4, 0.5) is 18.9 Å². The minimum absolute atomic E-state index is 0.288. The number of thioether (sulfide) groups is 1. The standard InChI is InChI=1S/C12H13F3N2O2S/c1-7(20-12(13,14)15)10(18)17-9-5-3-8(4-6-9)11(19)16-2/h3-7H,1-2H3,(H,16,19)(H,17,18)/t7-/m1/s1. The maximum Gasteiger partial charge on any atom is 0.442 e. The zero-order valence-electron chi connectivity index (χ0n) is 10.7. The Morgan fingerprint density at radius 1 is 1.20 bits per heavy atom. The van der Waals surface area contributed by atoms with Crippen molar-refractivity contribution in [1.29, 1.82) is 0 Å². The molecule has 0 fully saturated rings. The average molecular weight is 306 g/mol. The summed E-state index contributed by atoms with van der Waals surface area (Å²) < 4.78 is 36.4. The van der Waals surface area contributed by atoms with Crippen molar-refractivity contribution < 1.29 is 22.8 Å². The molecule has 8 heteroatoms. The van der Waals surface area contributed by atoms with Gasteiger partial charge in [-0.05, 0) is 43.0 Å². The molecule has 1 atom stereocenters. The monoisotopic (exact) mass is 306 g/mol. The minimum atomic E-state index is -4.46. The molecular formula is C12H13F3N2O2S. The Labute approximate surface area is 118 Å². The molecular weight excluding hydrogens is 293 g/mol. The van der Waals surface area contributed by atoms with E-state index in [9.17, 15) is 22.8 Å². The van der Waals surface area contributed by atoms with Gasteiger partial charge in [0.1, 0.15) is 0 Å². The Kier molecular flexibility index (Phi) is 5.43. The number of hydrogen-bond donors (Lipinski definition) is 2. The largest absolute Gasteiger partial charge is 0.442 e. The first-order valence-corrected chi connectivity index (χ1v) is 6.48. The maximum atomic E-state index is 12.1. The summed E-state index contributed by atoms with van der Waals surface area (Å²) in [5.74, 6) is -1.04. The van der Waals surface area contributed by atoms with E-state index in [1.807, 2.05) is 0 Å². The van der Waals surface area contributed by atoms with Gasteiger partial charge in [0.05, 0.1) is 5.25 Å². The molecule has 0 radical (unpaired) electrons.